The van der Waals surface area contributed by atoms with E-state index in [1.54, 1.807) is 23.9 Å². The summed E-state index contributed by atoms with van der Waals surface area (Å²) in [5.74, 6) is 0.599. The lowest BCUT2D eigenvalue weighted by Crippen LogP contribution is -2.22. The molecule has 116 valence electrons. The van der Waals surface area contributed by atoms with Gasteiger partial charge in [0.15, 0.2) is 5.65 Å². The SMILES string of the molecule is CN(Cc1ccc(C#N)cc1)Cc1nc2c(cnn2C)c(=O)[nH]1. The first-order valence-electron chi connectivity index (χ1n) is 7.15. The summed E-state index contributed by atoms with van der Waals surface area (Å²) in [5.41, 5.74) is 2.14. The van der Waals surface area contributed by atoms with Crippen LogP contribution in [0.3, 0.4) is 0 Å². The van der Waals surface area contributed by atoms with Crippen LogP contribution in [-0.4, -0.2) is 31.7 Å². The summed E-state index contributed by atoms with van der Waals surface area (Å²) >= 11 is 0. The molecule has 0 atom stereocenters. The number of benzene rings is 1. The highest BCUT2D eigenvalue weighted by Gasteiger charge is 2.10. The van der Waals surface area contributed by atoms with Crippen LogP contribution in [0.5, 0.6) is 0 Å². The zero-order valence-electron chi connectivity index (χ0n) is 12.9. The third-order valence-electron chi connectivity index (χ3n) is 3.61. The highest BCUT2D eigenvalue weighted by Crippen LogP contribution is 2.09. The standard InChI is InChI=1S/C16H16N6O/c1-21(9-12-5-3-11(7-17)4-6-12)10-14-19-15-13(16(23)20-14)8-18-22(15)2/h3-6,8H,9-10H2,1-2H3,(H,19,20,23). The van der Waals surface area contributed by atoms with Gasteiger partial charge in [0.2, 0.25) is 0 Å². The molecule has 7 heteroatoms. The number of rotatable bonds is 4. The topological polar surface area (TPSA) is 90.6 Å². The Labute approximate surface area is 132 Å². The number of nitriles is 1. The van der Waals surface area contributed by atoms with Crippen LogP contribution < -0.4 is 5.56 Å². The molecular weight excluding hydrogens is 292 g/mol. The van der Waals surface area contributed by atoms with Crippen molar-refractivity contribution in [3.8, 4) is 6.07 Å². The van der Waals surface area contributed by atoms with Crippen molar-refractivity contribution in [2.45, 2.75) is 13.1 Å². The lowest BCUT2D eigenvalue weighted by atomic mass is 10.1. The highest BCUT2D eigenvalue weighted by molar-refractivity contribution is 5.72. The van der Waals surface area contributed by atoms with Crippen LogP contribution in [-0.2, 0) is 20.1 Å². The van der Waals surface area contributed by atoms with E-state index in [0.29, 0.717) is 35.5 Å². The van der Waals surface area contributed by atoms with Gasteiger partial charge in [-0.25, -0.2) is 4.98 Å². The quantitative estimate of drug-likeness (QED) is 0.781. The number of hydrogen-bond acceptors (Lipinski definition) is 5. The Hall–Kier alpha value is -2.98. The minimum atomic E-state index is -0.176. The molecule has 1 aromatic carbocycles. The summed E-state index contributed by atoms with van der Waals surface area (Å²) in [4.78, 5) is 21.3. The fraction of sp³-hybridized carbons (Fsp3) is 0.250. The Morgan fingerprint density at radius 1 is 1.30 bits per heavy atom. The molecule has 3 aromatic rings. The average molecular weight is 308 g/mol. The van der Waals surface area contributed by atoms with E-state index in [4.69, 9.17) is 5.26 Å². The van der Waals surface area contributed by atoms with Crippen LogP contribution in [0.1, 0.15) is 17.0 Å². The minimum absolute atomic E-state index is 0.176. The fourth-order valence-electron chi connectivity index (χ4n) is 2.46. The number of aryl methyl sites for hydroxylation is 1. The summed E-state index contributed by atoms with van der Waals surface area (Å²) < 4.78 is 1.59. The molecule has 0 aliphatic rings. The van der Waals surface area contributed by atoms with Crippen molar-refractivity contribution in [1.82, 2.24) is 24.6 Å². The molecule has 0 saturated carbocycles. The number of fused-ring (bicyclic) bond motifs is 1. The maximum Gasteiger partial charge on any atom is 0.262 e. The first-order valence-corrected chi connectivity index (χ1v) is 7.15. The molecule has 0 amide bonds. The molecule has 3 rings (SSSR count). The summed E-state index contributed by atoms with van der Waals surface area (Å²) in [6, 6.07) is 9.55. The number of nitrogens with one attached hydrogen (secondary N) is 1. The second kappa shape index (κ2) is 6.02. The number of nitrogens with zero attached hydrogens (tertiary/aromatic N) is 5. The van der Waals surface area contributed by atoms with E-state index in [-0.39, 0.29) is 5.56 Å². The number of H-pyrrole nitrogens is 1. The molecule has 0 unspecified atom stereocenters. The van der Waals surface area contributed by atoms with Crippen molar-refractivity contribution in [2.75, 3.05) is 7.05 Å². The van der Waals surface area contributed by atoms with Crippen molar-refractivity contribution in [3.05, 3.63) is 57.8 Å². The zero-order valence-corrected chi connectivity index (χ0v) is 12.9. The van der Waals surface area contributed by atoms with Gasteiger partial charge in [0, 0.05) is 13.6 Å². The Kier molecular flexibility index (Phi) is 3.91. The predicted molar refractivity (Wildman–Crippen MR) is 85.5 cm³/mol. The van der Waals surface area contributed by atoms with E-state index in [9.17, 15) is 4.79 Å². The van der Waals surface area contributed by atoms with E-state index < -0.39 is 0 Å². The second-order valence-corrected chi connectivity index (χ2v) is 5.50. The Bertz CT molecular complexity index is 932. The van der Waals surface area contributed by atoms with E-state index >= 15 is 0 Å². The van der Waals surface area contributed by atoms with Crippen molar-refractivity contribution in [2.24, 2.45) is 7.05 Å². The van der Waals surface area contributed by atoms with Crippen LogP contribution >= 0.6 is 0 Å². The second-order valence-electron chi connectivity index (χ2n) is 5.50. The van der Waals surface area contributed by atoms with Crippen LogP contribution in [0.4, 0.5) is 0 Å². The monoisotopic (exact) mass is 308 g/mol. The number of aromatic nitrogens is 4. The summed E-state index contributed by atoms with van der Waals surface area (Å²) in [6.07, 6.45) is 1.52. The molecule has 0 aliphatic carbocycles. The molecule has 7 nitrogen and oxygen atoms in total. The lowest BCUT2D eigenvalue weighted by Gasteiger charge is -2.16. The Balaban J connectivity index is 1.77. The van der Waals surface area contributed by atoms with Gasteiger partial charge in [-0.15, -0.1) is 0 Å². The van der Waals surface area contributed by atoms with Crippen molar-refractivity contribution < 1.29 is 0 Å². The average Bonchev–Trinajstić information content (AvgIpc) is 2.90. The molecule has 1 N–H and O–H groups in total. The van der Waals surface area contributed by atoms with Crippen LogP contribution in [0.15, 0.2) is 35.3 Å². The van der Waals surface area contributed by atoms with Gasteiger partial charge in [-0.05, 0) is 24.7 Å². The highest BCUT2D eigenvalue weighted by atomic mass is 16.1. The number of aromatic amines is 1. The van der Waals surface area contributed by atoms with E-state index in [1.807, 2.05) is 24.1 Å². The van der Waals surface area contributed by atoms with Crippen molar-refractivity contribution in [1.29, 1.82) is 5.26 Å². The predicted octanol–water partition coefficient (Wildman–Crippen LogP) is 1.16. The third kappa shape index (κ3) is 3.12. The summed E-state index contributed by atoms with van der Waals surface area (Å²) in [6.45, 7) is 1.20. The summed E-state index contributed by atoms with van der Waals surface area (Å²) in [7, 11) is 3.71. The van der Waals surface area contributed by atoms with Crippen LogP contribution in [0.25, 0.3) is 11.0 Å². The maximum absolute atomic E-state index is 12.0. The van der Waals surface area contributed by atoms with Gasteiger partial charge in [-0.3, -0.25) is 14.4 Å². The van der Waals surface area contributed by atoms with Gasteiger partial charge in [-0.1, -0.05) is 12.1 Å². The van der Waals surface area contributed by atoms with Gasteiger partial charge in [-0.2, -0.15) is 10.4 Å². The van der Waals surface area contributed by atoms with Gasteiger partial charge < -0.3 is 4.98 Å². The molecule has 23 heavy (non-hydrogen) atoms. The van der Waals surface area contributed by atoms with E-state index in [1.165, 1.54) is 6.20 Å². The van der Waals surface area contributed by atoms with Gasteiger partial charge in [0.1, 0.15) is 11.2 Å². The zero-order chi connectivity index (χ0) is 16.4. The van der Waals surface area contributed by atoms with Gasteiger partial charge in [0.25, 0.3) is 5.56 Å². The maximum atomic E-state index is 12.0. The van der Waals surface area contributed by atoms with Gasteiger partial charge >= 0.3 is 0 Å². The molecule has 0 fully saturated rings. The molecule has 0 spiro atoms. The third-order valence-corrected chi connectivity index (χ3v) is 3.61. The molecule has 0 saturated heterocycles. The summed E-state index contributed by atoms with van der Waals surface area (Å²) in [5, 5.41) is 13.4. The van der Waals surface area contributed by atoms with Crippen molar-refractivity contribution in [3.63, 3.8) is 0 Å². The normalized spacial score (nSPS) is 11.0. The molecular formula is C16H16N6O. The van der Waals surface area contributed by atoms with Gasteiger partial charge in [0.05, 0.1) is 24.4 Å². The molecule has 2 heterocycles. The largest absolute Gasteiger partial charge is 0.309 e. The van der Waals surface area contributed by atoms with E-state index in [2.05, 4.69) is 21.1 Å². The van der Waals surface area contributed by atoms with E-state index in [0.717, 1.165) is 5.56 Å². The number of hydrogen-bond donors (Lipinski definition) is 1. The lowest BCUT2D eigenvalue weighted by molar-refractivity contribution is 0.310. The molecule has 0 aliphatic heterocycles. The molecule has 2 aromatic heterocycles. The first kappa shape index (κ1) is 14.9. The minimum Gasteiger partial charge on any atom is -0.309 e. The first-order chi connectivity index (χ1) is 11.1. The smallest absolute Gasteiger partial charge is 0.262 e. The Morgan fingerprint density at radius 3 is 2.74 bits per heavy atom. The molecule has 0 radical (unpaired) electrons. The fourth-order valence-corrected chi connectivity index (χ4v) is 2.46. The Morgan fingerprint density at radius 2 is 2.04 bits per heavy atom. The van der Waals surface area contributed by atoms with Crippen LogP contribution in [0.2, 0.25) is 0 Å². The van der Waals surface area contributed by atoms with Crippen molar-refractivity contribution >= 4 is 11.0 Å². The van der Waals surface area contributed by atoms with Crippen LogP contribution in [0, 0.1) is 11.3 Å². The molecule has 0 bridgehead atoms.